The molecule has 1 heterocycles. The number of nitrogens with one attached hydrogen (secondary N) is 1. The maximum atomic E-state index is 11.9. The average molecular weight is 256 g/mol. The summed E-state index contributed by atoms with van der Waals surface area (Å²) in [6.07, 6.45) is 0. The Bertz CT molecular complexity index is 434. The number of nitrogens with zero attached hydrogens (tertiary/aromatic N) is 1. The third-order valence-corrected chi connectivity index (χ3v) is 3.03. The standard InChI is InChI=1S/C11H16N2O3S/c1-6(10(15)16)13-9(14)7-8(11(2,3)4)12-5-17-7/h5-6H,1-4H3,(H,13,14)(H,15,16)/t6-/m0/s1. The second-order valence-corrected chi connectivity index (χ2v) is 5.67. The summed E-state index contributed by atoms with van der Waals surface area (Å²) in [5.41, 5.74) is 2.05. The second kappa shape index (κ2) is 4.83. The quantitative estimate of drug-likeness (QED) is 0.861. The Morgan fingerprint density at radius 3 is 2.53 bits per heavy atom. The minimum absolute atomic E-state index is 0.237. The largest absolute Gasteiger partial charge is 0.480 e. The molecule has 0 unspecified atom stereocenters. The van der Waals surface area contributed by atoms with Crippen molar-refractivity contribution in [2.45, 2.75) is 39.2 Å². The predicted octanol–water partition coefficient (Wildman–Crippen LogP) is 1.64. The Labute approximate surface area is 104 Å². The molecule has 17 heavy (non-hydrogen) atoms. The Morgan fingerprint density at radius 2 is 2.06 bits per heavy atom. The smallest absolute Gasteiger partial charge is 0.325 e. The average Bonchev–Trinajstić information content (AvgIpc) is 2.64. The van der Waals surface area contributed by atoms with Gasteiger partial charge in [0, 0.05) is 5.41 Å². The fourth-order valence-electron chi connectivity index (χ4n) is 1.27. The molecule has 1 amide bonds. The lowest BCUT2D eigenvalue weighted by Gasteiger charge is -2.17. The van der Waals surface area contributed by atoms with Crippen molar-refractivity contribution in [3.8, 4) is 0 Å². The minimum Gasteiger partial charge on any atom is -0.480 e. The van der Waals surface area contributed by atoms with Crippen molar-refractivity contribution in [3.05, 3.63) is 16.1 Å². The van der Waals surface area contributed by atoms with Crippen LogP contribution in [-0.4, -0.2) is 28.0 Å². The van der Waals surface area contributed by atoms with Crippen LogP contribution in [-0.2, 0) is 10.2 Å². The number of thiazole rings is 1. The SMILES string of the molecule is C[C@H](NC(=O)c1scnc1C(C)(C)C)C(=O)O. The van der Waals surface area contributed by atoms with E-state index in [0.717, 1.165) is 0 Å². The highest BCUT2D eigenvalue weighted by Gasteiger charge is 2.26. The molecule has 1 rings (SSSR count). The van der Waals surface area contributed by atoms with E-state index < -0.39 is 12.0 Å². The predicted molar refractivity (Wildman–Crippen MR) is 65.4 cm³/mol. The summed E-state index contributed by atoms with van der Waals surface area (Å²) in [4.78, 5) is 27.2. The molecule has 1 aromatic rings. The minimum atomic E-state index is -1.06. The van der Waals surface area contributed by atoms with Gasteiger partial charge in [0.2, 0.25) is 0 Å². The number of amides is 1. The van der Waals surface area contributed by atoms with Gasteiger partial charge in [-0.15, -0.1) is 11.3 Å². The van der Waals surface area contributed by atoms with Crippen LogP contribution in [0.1, 0.15) is 43.1 Å². The molecule has 0 aliphatic rings. The normalized spacial score (nSPS) is 13.2. The van der Waals surface area contributed by atoms with Gasteiger partial charge in [0.05, 0.1) is 11.2 Å². The Morgan fingerprint density at radius 1 is 1.47 bits per heavy atom. The van der Waals surface area contributed by atoms with Gasteiger partial charge in [0.1, 0.15) is 10.9 Å². The maximum Gasteiger partial charge on any atom is 0.325 e. The lowest BCUT2D eigenvalue weighted by Crippen LogP contribution is -2.38. The number of carboxylic acid groups (broad SMARTS) is 1. The zero-order chi connectivity index (χ0) is 13.2. The molecule has 1 atom stereocenters. The van der Waals surface area contributed by atoms with E-state index in [9.17, 15) is 9.59 Å². The van der Waals surface area contributed by atoms with E-state index in [4.69, 9.17) is 5.11 Å². The number of rotatable bonds is 3. The van der Waals surface area contributed by atoms with E-state index in [-0.39, 0.29) is 11.3 Å². The molecule has 0 aliphatic heterocycles. The first-order valence-corrected chi connectivity index (χ1v) is 6.09. The Hall–Kier alpha value is -1.43. The van der Waals surface area contributed by atoms with Crippen molar-refractivity contribution < 1.29 is 14.7 Å². The summed E-state index contributed by atoms with van der Waals surface area (Å²) in [6, 6.07) is -0.905. The van der Waals surface area contributed by atoms with E-state index in [1.807, 2.05) is 20.8 Å². The first-order chi connectivity index (χ1) is 7.73. The van der Waals surface area contributed by atoms with Gasteiger partial charge in [-0.2, -0.15) is 0 Å². The molecule has 1 aromatic heterocycles. The van der Waals surface area contributed by atoms with Gasteiger partial charge in [0.15, 0.2) is 0 Å². The monoisotopic (exact) mass is 256 g/mol. The van der Waals surface area contributed by atoms with Gasteiger partial charge in [-0.25, -0.2) is 4.98 Å². The van der Waals surface area contributed by atoms with Crippen LogP contribution in [0.3, 0.4) is 0 Å². The topological polar surface area (TPSA) is 79.3 Å². The third-order valence-electron chi connectivity index (χ3n) is 2.20. The third kappa shape index (κ3) is 3.26. The zero-order valence-corrected chi connectivity index (χ0v) is 11.1. The number of hydrogen-bond acceptors (Lipinski definition) is 4. The van der Waals surface area contributed by atoms with E-state index in [1.54, 1.807) is 5.51 Å². The Balaban J connectivity index is 2.91. The van der Waals surface area contributed by atoms with Crippen molar-refractivity contribution in [1.82, 2.24) is 10.3 Å². The highest BCUT2D eigenvalue weighted by molar-refractivity contribution is 7.11. The molecular weight excluding hydrogens is 240 g/mol. The molecule has 0 saturated heterocycles. The zero-order valence-electron chi connectivity index (χ0n) is 10.3. The Kier molecular flexibility index (Phi) is 3.87. The second-order valence-electron chi connectivity index (χ2n) is 4.81. The summed E-state index contributed by atoms with van der Waals surface area (Å²) in [6.45, 7) is 7.30. The molecule has 0 fully saturated rings. The van der Waals surface area contributed by atoms with E-state index in [2.05, 4.69) is 10.3 Å². The molecule has 6 heteroatoms. The molecule has 94 valence electrons. The van der Waals surface area contributed by atoms with Crippen LogP contribution in [0.5, 0.6) is 0 Å². The highest BCUT2D eigenvalue weighted by atomic mass is 32.1. The van der Waals surface area contributed by atoms with Crippen molar-refractivity contribution in [2.75, 3.05) is 0 Å². The summed E-state index contributed by atoms with van der Waals surface area (Å²) >= 11 is 1.22. The van der Waals surface area contributed by atoms with Gasteiger partial charge < -0.3 is 10.4 Å². The van der Waals surface area contributed by atoms with Crippen LogP contribution < -0.4 is 5.32 Å². The highest BCUT2D eigenvalue weighted by Crippen LogP contribution is 2.26. The van der Waals surface area contributed by atoms with Gasteiger partial charge in [-0.05, 0) is 6.92 Å². The molecule has 0 saturated carbocycles. The first-order valence-electron chi connectivity index (χ1n) is 5.21. The molecule has 0 aliphatic carbocycles. The van der Waals surface area contributed by atoms with Crippen LogP contribution in [0.2, 0.25) is 0 Å². The molecule has 5 nitrogen and oxygen atoms in total. The number of hydrogen-bond donors (Lipinski definition) is 2. The van der Waals surface area contributed by atoms with Crippen LogP contribution in [0, 0.1) is 0 Å². The van der Waals surface area contributed by atoms with Crippen LogP contribution >= 0.6 is 11.3 Å². The molecule has 0 bridgehead atoms. The van der Waals surface area contributed by atoms with Gasteiger partial charge in [-0.3, -0.25) is 9.59 Å². The first kappa shape index (κ1) is 13.6. The lowest BCUT2D eigenvalue weighted by atomic mass is 9.91. The summed E-state index contributed by atoms with van der Waals surface area (Å²) in [5, 5.41) is 11.2. The maximum absolute atomic E-state index is 11.9. The van der Waals surface area contributed by atoms with Crippen molar-refractivity contribution in [1.29, 1.82) is 0 Å². The lowest BCUT2D eigenvalue weighted by molar-refractivity contribution is -0.138. The van der Waals surface area contributed by atoms with E-state index in [0.29, 0.717) is 10.6 Å². The van der Waals surface area contributed by atoms with Crippen molar-refractivity contribution in [2.24, 2.45) is 0 Å². The van der Waals surface area contributed by atoms with Gasteiger partial charge in [0.25, 0.3) is 5.91 Å². The van der Waals surface area contributed by atoms with Crippen LogP contribution in [0.15, 0.2) is 5.51 Å². The number of aliphatic carboxylic acids is 1. The summed E-state index contributed by atoms with van der Waals surface area (Å²) < 4.78 is 0. The fraction of sp³-hybridized carbons (Fsp3) is 0.545. The summed E-state index contributed by atoms with van der Waals surface area (Å²) in [7, 11) is 0. The van der Waals surface area contributed by atoms with Crippen LogP contribution in [0.25, 0.3) is 0 Å². The van der Waals surface area contributed by atoms with Crippen molar-refractivity contribution >= 4 is 23.2 Å². The van der Waals surface area contributed by atoms with Crippen LogP contribution in [0.4, 0.5) is 0 Å². The van der Waals surface area contributed by atoms with Gasteiger partial charge >= 0.3 is 5.97 Å². The van der Waals surface area contributed by atoms with E-state index in [1.165, 1.54) is 18.3 Å². The molecule has 0 aromatic carbocycles. The molecule has 0 spiro atoms. The number of carboxylic acids is 1. The van der Waals surface area contributed by atoms with Crippen molar-refractivity contribution in [3.63, 3.8) is 0 Å². The number of aromatic nitrogens is 1. The van der Waals surface area contributed by atoms with Gasteiger partial charge in [-0.1, -0.05) is 20.8 Å². The molecular formula is C11H16N2O3S. The summed E-state index contributed by atoms with van der Waals surface area (Å²) in [5.74, 6) is -1.44. The number of carbonyl (C=O) groups is 2. The number of carbonyl (C=O) groups excluding carboxylic acids is 1. The molecule has 0 radical (unpaired) electrons. The van der Waals surface area contributed by atoms with E-state index >= 15 is 0 Å². The fourth-order valence-corrected chi connectivity index (χ4v) is 2.17. The molecule has 2 N–H and O–H groups in total.